The standard InChI is InChI=1S/C9H16O4.C7H14O3/c1-2-12-9(10)7-13-8-3-5-11-6-4-8;8-3-6-10-7-1-4-9-5-2-7/h8H,2-7H2,1H3;7-8H,1-6H2. The van der Waals surface area contributed by atoms with E-state index in [9.17, 15) is 4.79 Å². The quantitative estimate of drug-likeness (QED) is 0.693. The van der Waals surface area contributed by atoms with Crippen LogP contribution < -0.4 is 0 Å². The average molecular weight is 334 g/mol. The van der Waals surface area contributed by atoms with Gasteiger partial charge in [0.25, 0.3) is 0 Å². The molecule has 0 aromatic heterocycles. The minimum Gasteiger partial charge on any atom is -0.464 e. The van der Waals surface area contributed by atoms with Gasteiger partial charge in [-0.1, -0.05) is 0 Å². The van der Waals surface area contributed by atoms with Gasteiger partial charge in [0.05, 0.1) is 32.0 Å². The van der Waals surface area contributed by atoms with E-state index in [1.807, 2.05) is 0 Å². The van der Waals surface area contributed by atoms with Gasteiger partial charge in [-0.05, 0) is 32.6 Å². The molecule has 0 bridgehead atoms. The highest BCUT2D eigenvalue weighted by molar-refractivity contribution is 5.70. The van der Waals surface area contributed by atoms with Crippen molar-refractivity contribution in [3.63, 3.8) is 0 Å². The van der Waals surface area contributed by atoms with E-state index < -0.39 is 0 Å². The molecule has 2 saturated heterocycles. The van der Waals surface area contributed by atoms with E-state index in [4.69, 9.17) is 28.8 Å². The lowest BCUT2D eigenvalue weighted by Gasteiger charge is -2.21. The van der Waals surface area contributed by atoms with Crippen molar-refractivity contribution in [2.45, 2.75) is 44.8 Å². The van der Waals surface area contributed by atoms with Gasteiger partial charge >= 0.3 is 5.97 Å². The predicted octanol–water partition coefficient (Wildman–Crippen LogP) is 0.919. The SMILES string of the molecule is CCOC(=O)COC1CCOCC1.OCCOC1CCOCC1. The van der Waals surface area contributed by atoms with Crippen LogP contribution in [-0.2, 0) is 28.5 Å². The molecule has 0 spiro atoms. The number of hydrogen-bond acceptors (Lipinski definition) is 7. The van der Waals surface area contributed by atoms with Gasteiger partial charge in [0.15, 0.2) is 0 Å². The lowest BCUT2D eigenvalue weighted by molar-refractivity contribution is -0.152. The molecule has 2 aliphatic rings. The highest BCUT2D eigenvalue weighted by Gasteiger charge is 2.15. The molecule has 1 N–H and O–H groups in total. The lowest BCUT2D eigenvalue weighted by Crippen LogP contribution is -2.26. The Balaban J connectivity index is 0.000000238. The van der Waals surface area contributed by atoms with Crippen LogP contribution in [0.4, 0.5) is 0 Å². The monoisotopic (exact) mass is 334 g/mol. The fraction of sp³-hybridized carbons (Fsp3) is 0.938. The molecular weight excluding hydrogens is 304 g/mol. The number of esters is 1. The summed E-state index contributed by atoms with van der Waals surface area (Å²) in [6.07, 6.45) is 4.18. The second-order valence-electron chi connectivity index (χ2n) is 5.33. The molecule has 0 aromatic carbocycles. The zero-order valence-corrected chi connectivity index (χ0v) is 14.0. The van der Waals surface area contributed by atoms with Crippen LogP contribution in [0.25, 0.3) is 0 Å². The summed E-state index contributed by atoms with van der Waals surface area (Å²) in [5, 5.41) is 8.44. The molecule has 0 saturated carbocycles. The third-order valence-corrected chi connectivity index (χ3v) is 3.52. The van der Waals surface area contributed by atoms with E-state index in [0.717, 1.165) is 52.1 Å². The lowest BCUT2D eigenvalue weighted by atomic mass is 10.2. The van der Waals surface area contributed by atoms with Gasteiger partial charge in [0.2, 0.25) is 0 Å². The maximum atomic E-state index is 10.9. The van der Waals surface area contributed by atoms with Crippen LogP contribution in [0, 0.1) is 0 Å². The van der Waals surface area contributed by atoms with Gasteiger partial charge < -0.3 is 28.8 Å². The second-order valence-corrected chi connectivity index (χ2v) is 5.33. The highest BCUT2D eigenvalue weighted by Crippen LogP contribution is 2.10. The Bertz CT molecular complexity index is 286. The molecule has 0 aliphatic carbocycles. The fourth-order valence-corrected chi connectivity index (χ4v) is 2.29. The van der Waals surface area contributed by atoms with Gasteiger partial charge in [-0.25, -0.2) is 4.79 Å². The smallest absolute Gasteiger partial charge is 0.332 e. The largest absolute Gasteiger partial charge is 0.464 e. The average Bonchev–Trinajstić information content (AvgIpc) is 2.61. The first-order valence-electron chi connectivity index (χ1n) is 8.41. The van der Waals surface area contributed by atoms with Gasteiger partial charge in [0, 0.05) is 26.4 Å². The summed E-state index contributed by atoms with van der Waals surface area (Å²) >= 11 is 0. The fourth-order valence-electron chi connectivity index (χ4n) is 2.29. The van der Waals surface area contributed by atoms with Crippen molar-refractivity contribution in [2.75, 3.05) is 52.9 Å². The van der Waals surface area contributed by atoms with Crippen molar-refractivity contribution in [1.82, 2.24) is 0 Å². The summed E-state index contributed by atoms with van der Waals surface area (Å²) in [7, 11) is 0. The van der Waals surface area contributed by atoms with Crippen molar-refractivity contribution in [1.29, 1.82) is 0 Å². The molecule has 7 heteroatoms. The molecule has 0 atom stereocenters. The van der Waals surface area contributed by atoms with Gasteiger partial charge in [-0.3, -0.25) is 0 Å². The number of carbonyl (C=O) groups excluding carboxylic acids is 1. The Hall–Kier alpha value is -0.730. The second kappa shape index (κ2) is 13.7. The molecule has 0 aromatic rings. The van der Waals surface area contributed by atoms with E-state index in [-0.39, 0.29) is 25.3 Å². The number of rotatable bonds is 7. The minimum absolute atomic E-state index is 0.0680. The molecule has 0 amide bonds. The Morgan fingerprint density at radius 2 is 1.52 bits per heavy atom. The highest BCUT2D eigenvalue weighted by atomic mass is 16.6. The Morgan fingerprint density at radius 1 is 1.00 bits per heavy atom. The molecule has 2 rings (SSSR count). The van der Waals surface area contributed by atoms with Crippen LogP contribution in [0.15, 0.2) is 0 Å². The van der Waals surface area contributed by atoms with Crippen LogP contribution in [0.1, 0.15) is 32.6 Å². The van der Waals surface area contributed by atoms with Crippen molar-refractivity contribution >= 4 is 5.97 Å². The van der Waals surface area contributed by atoms with E-state index in [2.05, 4.69) is 0 Å². The van der Waals surface area contributed by atoms with Crippen molar-refractivity contribution in [2.24, 2.45) is 0 Å². The Morgan fingerprint density at radius 3 is 2.00 bits per heavy atom. The first kappa shape index (κ1) is 20.3. The van der Waals surface area contributed by atoms with Crippen LogP contribution in [0.3, 0.4) is 0 Å². The summed E-state index contributed by atoms with van der Waals surface area (Å²) in [5.74, 6) is -0.283. The minimum atomic E-state index is -0.283. The van der Waals surface area contributed by atoms with Crippen LogP contribution in [0.5, 0.6) is 0 Å². The third-order valence-electron chi connectivity index (χ3n) is 3.52. The molecule has 2 heterocycles. The molecule has 2 aliphatic heterocycles. The van der Waals surface area contributed by atoms with Crippen LogP contribution in [-0.4, -0.2) is 76.1 Å². The van der Waals surface area contributed by atoms with Crippen molar-refractivity contribution in [3.8, 4) is 0 Å². The maximum absolute atomic E-state index is 10.9. The molecule has 0 radical (unpaired) electrons. The molecular formula is C16H30O7. The normalized spacial score (nSPS) is 19.7. The van der Waals surface area contributed by atoms with Crippen molar-refractivity contribution < 1.29 is 33.6 Å². The van der Waals surface area contributed by atoms with E-state index in [1.165, 1.54) is 0 Å². The van der Waals surface area contributed by atoms with E-state index >= 15 is 0 Å². The van der Waals surface area contributed by atoms with Gasteiger partial charge in [-0.15, -0.1) is 0 Å². The number of aliphatic hydroxyl groups excluding tert-OH is 1. The van der Waals surface area contributed by atoms with Gasteiger partial charge in [0.1, 0.15) is 6.61 Å². The number of carbonyl (C=O) groups is 1. The summed E-state index contributed by atoms with van der Waals surface area (Å²) < 4.78 is 25.7. The third kappa shape index (κ3) is 10.6. The van der Waals surface area contributed by atoms with Crippen LogP contribution >= 0.6 is 0 Å². The summed E-state index contributed by atoms with van der Waals surface area (Å²) in [6, 6.07) is 0. The van der Waals surface area contributed by atoms with Crippen LogP contribution in [0.2, 0.25) is 0 Å². The first-order chi connectivity index (χ1) is 11.3. The van der Waals surface area contributed by atoms with E-state index in [1.54, 1.807) is 6.92 Å². The number of ether oxygens (including phenoxy) is 5. The van der Waals surface area contributed by atoms with E-state index in [0.29, 0.717) is 19.3 Å². The van der Waals surface area contributed by atoms with Crippen molar-refractivity contribution in [3.05, 3.63) is 0 Å². The predicted molar refractivity (Wildman–Crippen MR) is 83.3 cm³/mol. The molecule has 136 valence electrons. The number of hydrogen-bond donors (Lipinski definition) is 1. The summed E-state index contributed by atoms with van der Waals surface area (Å²) in [4.78, 5) is 10.9. The molecule has 2 fully saturated rings. The zero-order valence-electron chi connectivity index (χ0n) is 14.0. The summed E-state index contributed by atoms with van der Waals surface area (Å²) in [6.45, 7) is 5.91. The maximum Gasteiger partial charge on any atom is 0.332 e. The first-order valence-corrected chi connectivity index (χ1v) is 8.41. The molecule has 7 nitrogen and oxygen atoms in total. The summed E-state index contributed by atoms with van der Waals surface area (Å²) in [5.41, 5.74) is 0. The topological polar surface area (TPSA) is 83.5 Å². The Kier molecular flexibility index (Phi) is 12.1. The molecule has 0 unspecified atom stereocenters. The van der Waals surface area contributed by atoms with Gasteiger partial charge in [-0.2, -0.15) is 0 Å². The zero-order chi connectivity index (χ0) is 16.8. The molecule has 23 heavy (non-hydrogen) atoms. The number of aliphatic hydroxyl groups is 1. The Labute approximate surface area is 138 Å².